The van der Waals surface area contributed by atoms with Gasteiger partial charge in [0.05, 0.1) is 0 Å². The van der Waals surface area contributed by atoms with Gasteiger partial charge < -0.3 is 10.6 Å². The van der Waals surface area contributed by atoms with Gasteiger partial charge >= 0.3 is 0 Å². The fourth-order valence-electron chi connectivity index (χ4n) is 2.62. The van der Waals surface area contributed by atoms with Gasteiger partial charge in [-0.25, -0.2) is 0 Å². The molecule has 1 aliphatic carbocycles. The molecule has 16 heavy (non-hydrogen) atoms. The van der Waals surface area contributed by atoms with Gasteiger partial charge in [0, 0.05) is 25.6 Å². The van der Waals surface area contributed by atoms with Gasteiger partial charge in [0.1, 0.15) is 0 Å². The van der Waals surface area contributed by atoms with Gasteiger partial charge in [-0.3, -0.25) is 4.79 Å². The number of rotatable bonds is 5. The van der Waals surface area contributed by atoms with Crippen molar-refractivity contribution in [1.29, 1.82) is 0 Å². The van der Waals surface area contributed by atoms with Crippen LogP contribution in [-0.4, -0.2) is 29.9 Å². The maximum absolute atomic E-state index is 12.0. The summed E-state index contributed by atoms with van der Waals surface area (Å²) in [6, 6.07) is 0.327. The molecular formula is C13H26N2O. The number of nitrogens with two attached hydrogens (primary N) is 1. The van der Waals surface area contributed by atoms with Gasteiger partial charge in [0.15, 0.2) is 0 Å². The van der Waals surface area contributed by atoms with Crippen LogP contribution in [0.2, 0.25) is 0 Å². The Kier molecular flexibility index (Phi) is 5.81. The topological polar surface area (TPSA) is 46.3 Å². The van der Waals surface area contributed by atoms with Crippen LogP contribution in [0, 0.1) is 5.92 Å². The summed E-state index contributed by atoms with van der Waals surface area (Å²) in [5.74, 6) is 0.852. The Morgan fingerprint density at radius 3 is 2.69 bits per heavy atom. The lowest BCUT2D eigenvalue weighted by atomic mass is 9.84. The van der Waals surface area contributed by atoms with Gasteiger partial charge in [-0.05, 0) is 38.5 Å². The predicted octanol–water partition coefficient (Wildman–Crippen LogP) is 2.15. The summed E-state index contributed by atoms with van der Waals surface area (Å²) >= 11 is 0. The third-order valence-corrected chi connectivity index (χ3v) is 3.51. The van der Waals surface area contributed by atoms with E-state index in [1.165, 1.54) is 12.8 Å². The van der Waals surface area contributed by atoms with E-state index in [-0.39, 0.29) is 0 Å². The molecule has 2 unspecified atom stereocenters. The number of hydrogen-bond acceptors (Lipinski definition) is 2. The zero-order valence-corrected chi connectivity index (χ0v) is 10.7. The van der Waals surface area contributed by atoms with Crippen molar-refractivity contribution in [2.45, 2.75) is 58.4 Å². The highest BCUT2D eigenvalue weighted by molar-refractivity contribution is 5.76. The van der Waals surface area contributed by atoms with Gasteiger partial charge in [-0.15, -0.1) is 0 Å². The van der Waals surface area contributed by atoms with Crippen LogP contribution in [-0.2, 0) is 4.79 Å². The minimum atomic E-state index is 0.323. The Labute approximate surface area is 99.4 Å². The van der Waals surface area contributed by atoms with Crippen molar-refractivity contribution in [1.82, 2.24) is 4.90 Å². The predicted molar refractivity (Wildman–Crippen MR) is 67.1 cm³/mol. The summed E-state index contributed by atoms with van der Waals surface area (Å²) in [5.41, 5.74) is 5.94. The van der Waals surface area contributed by atoms with Crippen LogP contribution >= 0.6 is 0 Å². The molecule has 3 nitrogen and oxygen atoms in total. The smallest absolute Gasteiger partial charge is 0.222 e. The number of hydrogen-bond donors (Lipinski definition) is 1. The molecule has 3 heteroatoms. The number of amides is 1. The highest BCUT2D eigenvalue weighted by atomic mass is 16.2. The van der Waals surface area contributed by atoms with E-state index in [2.05, 4.69) is 13.8 Å². The van der Waals surface area contributed by atoms with Crippen LogP contribution in [0.4, 0.5) is 0 Å². The lowest BCUT2D eigenvalue weighted by Crippen LogP contribution is -2.35. The van der Waals surface area contributed by atoms with Crippen molar-refractivity contribution in [3.05, 3.63) is 0 Å². The van der Waals surface area contributed by atoms with Crippen LogP contribution in [0.1, 0.15) is 52.4 Å². The van der Waals surface area contributed by atoms with E-state index in [0.717, 1.165) is 32.4 Å². The quantitative estimate of drug-likeness (QED) is 0.781. The standard InChI is InChI=1S/C13H26N2O/c1-3-8-15(4-2)13(16)10-11-6-5-7-12(14)9-11/h11-12H,3-10,14H2,1-2H3. The van der Waals surface area contributed by atoms with Crippen LogP contribution in [0.15, 0.2) is 0 Å². The fraction of sp³-hybridized carbons (Fsp3) is 0.923. The molecule has 0 saturated heterocycles. The van der Waals surface area contributed by atoms with Crippen LogP contribution in [0.5, 0.6) is 0 Å². The summed E-state index contributed by atoms with van der Waals surface area (Å²) in [6.45, 7) is 5.91. The Balaban J connectivity index is 2.36. The molecule has 2 N–H and O–H groups in total. The average molecular weight is 226 g/mol. The Morgan fingerprint density at radius 2 is 2.12 bits per heavy atom. The molecule has 1 amide bonds. The number of nitrogens with zero attached hydrogens (tertiary/aromatic N) is 1. The highest BCUT2D eigenvalue weighted by Crippen LogP contribution is 2.26. The maximum atomic E-state index is 12.0. The fourth-order valence-corrected chi connectivity index (χ4v) is 2.62. The molecule has 0 spiro atoms. The van der Waals surface area contributed by atoms with Gasteiger partial charge in [-0.2, -0.15) is 0 Å². The largest absolute Gasteiger partial charge is 0.343 e. The minimum absolute atomic E-state index is 0.323. The van der Waals surface area contributed by atoms with E-state index in [1.54, 1.807) is 0 Å². The van der Waals surface area contributed by atoms with E-state index in [0.29, 0.717) is 24.3 Å². The van der Waals surface area contributed by atoms with Crippen molar-refractivity contribution in [3.63, 3.8) is 0 Å². The second-order valence-electron chi connectivity index (χ2n) is 4.97. The van der Waals surface area contributed by atoms with Gasteiger partial charge in [0.2, 0.25) is 5.91 Å². The normalized spacial score (nSPS) is 25.4. The van der Waals surface area contributed by atoms with Crippen LogP contribution in [0.25, 0.3) is 0 Å². The third kappa shape index (κ3) is 4.12. The molecule has 0 aliphatic heterocycles. The van der Waals surface area contributed by atoms with E-state index in [4.69, 9.17) is 5.73 Å². The summed E-state index contributed by atoms with van der Waals surface area (Å²) in [4.78, 5) is 14.0. The van der Waals surface area contributed by atoms with Crippen molar-refractivity contribution >= 4 is 5.91 Å². The first kappa shape index (κ1) is 13.5. The summed E-state index contributed by atoms with van der Waals surface area (Å²) < 4.78 is 0. The monoisotopic (exact) mass is 226 g/mol. The molecule has 0 radical (unpaired) electrons. The SMILES string of the molecule is CCCN(CC)C(=O)CC1CCCC(N)C1. The number of carbonyl (C=O) groups is 1. The summed E-state index contributed by atoms with van der Waals surface area (Å²) in [7, 11) is 0. The second kappa shape index (κ2) is 6.89. The maximum Gasteiger partial charge on any atom is 0.222 e. The van der Waals surface area contributed by atoms with Gasteiger partial charge in [-0.1, -0.05) is 13.3 Å². The minimum Gasteiger partial charge on any atom is -0.343 e. The molecule has 0 aromatic heterocycles. The van der Waals surface area contributed by atoms with Crippen molar-refractivity contribution in [3.8, 4) is 0 Å². The molecule has 1 rings (SSSR count). The first-order chi connectivity index (χ1) is 7.67. The molecule has 1 fully saturated rings. The molecule has 0 aromatic carbocycles. The third-order valence-electron chi connectivity index (χ3n) is 3.51. The Hall–Kier alpha value is -0.570. The Bertz CT molecular complexity index is 218. The van der Waals surface area contributed by atoms with Crippen molar-refractivity contribution in [2.24, 2.45) is 11.7 Å². The van der Waals surface area contributed by atoms with Gasteiger partial charge in [0.25, 0.3) is 0 Å². The lowest BCUT2D eigenvalue weighted by Gasteiger charge is -2.28. The van der Waals surface area contributed by atoms with E-state index < -0.39 is 0 Å². The molecule has 2 atom stereocenters. The van der Waals surface area contributed by atoms with Crippen LogP contribution < -0.4 is 5.73 Å². The molecule has 94 valence electrons. The summed E-state index contributed by atoms with van der Waals surface area (Å²) in [5, 5.41) is 0. The molecule has 0 bridgehead atoms. The van der Waals surface area contributed by atoms with E-state index >= 15 is 0 Å². The average Bonchev–Trinajstić information content (AvgIpc) is 2.25. The Morgan fingerprint density at radius 1 is 1.38 bits per heavy atom. The van der Waals surface area contributed by atoms with E-state index in [1.807, 2.05) is 4.90 Å². The van der Waals surface area contributed by atoms with Crippen molar-refractivity contribution < 1.29 is 4.79 Å². The second-order valence-corrected chi connectivity index (χ2v) is 4.97. The van der Waals surface area contributed by atoms with Crippen LogP contribution in [0.3, 0.4) is 0 Å². The first-order valence-corrected chi connectivity index (χ1v) is 6.70. The number of carbonyl (C=O) groups excluding carboxylic acids is 1. The zero-order valence-electron chi connectivity index (χ0n) is 10.7. The van der Waals surface area contributed by atoms with E-state index in [9.17, 15) is 4.79 Å². The molecule has 0 aromatic rings. The lowest BCUT2D eigenvalue weighted by molar-refractivity contribution is -0.132. The highest BCUT2D eigenvalue weighted by Gasteiger charge is 2.23. The molecule has 1 saturated carbocycles. The first-order valence-electron chi connectivity index (χ1n) is 6.70. The molecular weight excluding hydrogens is 200 g/mol. The zero-order chi connectivity index (χ0) is 12.0. The molecule has 1 aliphatic rings. The molecule has 0 heterocycles. The van der Waals surface area contributed by atoms with Crippen molar-refractivity contribution in [2.75, 3.05) is 13.1 Å². The summed E-state index contributed by atoms with van der Waals surface area (Å²) in [6.07, 6.45) is 6.31.